The Morgan fingerprint density at radius 3 is 2.56 bits per heavy atom. The third kappa shape index (κ3) is 7.54. The lowest BCUT2D eigenvalue weighted by atomic mass is 10.1. The molecule has 0 aliphatic carbocycles. The van der Waals surface area contributed by atoms with Gasteiger partial charge in [0.25, 0.3) is 5.91 Å². The van der Waals surface area contributed by atoms with Crippen molar-refractivity contribution in [2.24, 2.45) is 0 Å². The van der Waals surface area contributed by atoms with Crippen LogP contribution in [-0.2, 0) is 22.7 Å². The lowest BCUT2D eigenvalue weighted by molar-refractivity contribution is -0.134. The average molecular weight is 612 g/mol. The van der Waals surface area contributed by atoms with E-state index in [2.05, 4.69) is 30.4 Å². The average Bonchev–Trinajstić information content (AvgIpc) is 3.84. The molecule has 45 heavy (non-hydrogen) atoms. The SMILES string of the molecule is O=C1CC[C@H](C(=O)N2CCCCN(C(=O)c3ccc(Cn4cnnn4)cc3)CCCn3ccnc3-c3cccc(c3)OCC2)N1. The lowest BCUT2D eigenvalue weighted by Crippen LogP contribution is -2.46. The highest BCUT2D eigenvalue weighted by Crippen LogP contribution is 2.23. The zero-order chi connectivity index (χ0) is 31.0. The Morgan fingerprint density at radius 2 is 1.78 bits per heavy atom. The number of tetrazole rings is 1. The number of carbonyl (C=O) groups excluding carboxylic acids is 3. The van der Waals surface area contributed by atoms with E-state index in [1.165, 1.54) is 0 Å². The van der Waals surface area contributed by atoms with E-state index in [-0.39, 0.29) is 17.7 Å². The van der Waals surface area contributed by atoms with Gasteiger partial charge in [0.05, 0.1) is 13.1 Å². The summed E-state index contributed by atoms with van der Waals surface area (Å²) in [6.45, 7) is 3.57. The van der Waals surface area contributed by atoms with E-state index in [1.54, 1.807) is 22.1 Å². The van der Waals surface area contributed by atoms with Gasteiger partial charge < -0.3 is 24.4 Å². The van der Waals surface area contributed by atoms with Crippen LogP contribution in [0.2, 0.25) is 0 Å². The predicted molar refractivity (Wildman–Crippen MR) is 164 cm³/mol. The first-order valence-corrected chi connectivity index (χ1v) is 15.4. The van der Waals surface area contributed by atoms with Crippen LogP contribution in [0.5, 0.6) is 5.75 Å². The van der Waals surface area contributed by atoms with Crippen molar-refractivity contribution in [3.05, 3.63) is 78.4 Å². The first-order valence-electron chi connectivity index (χ1n) is 15.4. The third-order valence-corrected chi connectivity index (χ3v) is 8.20. The van der Waals surface area contributed by atoms with E-state index < -0.39 is 6.04 Å². The summed E-state index contributed by atoms with van der Waals surface area (Å²) >= 11 is 0. The van der Waals surface area contributed by atoms with Crippen LogP contribution in [0, 0.1) is 0 Å². The Kier molecular flexibility index (Phi) is 9.42. The fraction of sp³-hybridized carbons (Fsp3) is 0.406. The van der Waals surface area contributed by atoms with E-state index in [4.69, 9.17) is 4.74 Å². The zero-order valence-electron chi connectivity index (χ0n) is 25.1. The maximum Gasteiger partial charge on any atom is 0.253 e. The van der Waals surface area contributed by atoms with Gasteiger partial charge in [-0.25, -0.2) is 9.67 Å². The van der Waals surface area contributed by atoms with Gasteiger partial charge in [-0.05, 0) is 65.9 Å². The summed E-state index contributed by atoms with van der Waals surface area (Å²) in [6, 6.07) is 14.8. The Bertz CT molecular complexity index is 1600. The van der Waals surface area contributed by atoms with E-state index >= 15 is 0 Å². The van der Waals surface area contributed by atoms with Gasteiger partial charge in [0, 0.05) is 56.1 Å². The Morgan fingerprint density at radius 1 is 0.956 bits per heavy atom. The quantitative estimate of drug-likeness (QED) is 0.371. The summed E-state index contributed by atoms with van der Waals surface area (Å²) in [5.74, 6) is 1.31. The molecule has 13 heteroatoms. The van der Waals surface area contributed by atoms with E-state index in [0.29, 0.717) is 76.5 Å². The summed E-state index contributed by atoms with van der Waals surface area (Å²) in [5, 5.41) is 14.0. The molecule has 2 aromatic carbocycles. The molecule has 1 saturated heterocycles. The van der Waals surface area contributed by atoms with Crippen LogP contribution in [-0.4, -0.2) is 96.1 Å². The Hall–Kier alpha value is -5.07. The number of nitrogens with one attached hydrogen (secondary N) is 1. The molecule has 0 spiro atoms. The van der Waals surface area contributed by atoms with Crippen LogP contribution in [0.3, 0.4) is 0 Å². The summed E-state index contributed by atoms with van der Waals surface area (Å²) in [4.78, 5) is 47.2. The number of hydrogen-bond acceptors (Lipinski definition) is 8. The van der Waals surface area contributed by atoms with Crippen LogP contribution in [0.15, 0.2) is 67.3 Å². The van der Waals surface area contributed by atoms with Crippen LogP contribution < -0.4 is 10.1 Å². The maximum atomic E-state index is 13.8. The zero-order valence-corrected chi connectivity index (χ0v) is 25.1. The van der Waals surface area contributed by atoms with Gasteiger partial charge in [-0.3, -0.25) is 14.4 Å². The van der Waals surface area contributed by atoms with Gasteiger partial charge in [0.15, 0.2) is 0 Å². The molecule has 1 fully saturated rings. The molecule has 13 nitrogen and oxygen atoms in total. The van der Waals surface area contributed by atoms with Crippen molar-refractivity contribution in [1.82, 2.24) is 44.9 Å². The minimum atomic E-state index is -0.504. The number of fused-ring (bicyclic) bond motifs is 4. The highest BCUT2D eigenvalue weighted by Gasteiger charge is 2.30. The van der Waals surface area contributed by atoms with Crippen LogP contribution in [0.1, 0.15) is 48.0 Å². The molecule has 0 unspecified atom stereocenters. The fourth-order valence-corrected chi connectivity index (χ4v) is 5.83. The largest absolute Gasteiger partial charge is 0.492 e. The minimum absolute atomic E-state index is 0.0320. The molecular formula is C32H37N9O4. The molecule has 6 rings (SSSR count). The molecule has 1 N–H and O–H groups in total. The number of ether oxygens (including phenoxy) is 1. The second-order valence-corrected chi connectivity index (χ2v) is 11.4. The molecule has 4 aromatic rings. The fourth-order valence-electron chi connectivity index (χ4n) is 5.83. The number of aromatic nitrogens is 6. The van der Waals surface area contributed by atoms with Crippen molar-refractivity contribution in [2.45, 2.75) is 51.2 Å². The second-order valence-electron chi connectivity index (χ2n) is 11.4. The molecule has 0 radical (unpaired) electrons. The smallest absolute Gasteiger partial charge is 0.253 e. The van der Waals surface area contributed by atoms with Crippen molar-refractivity contribution in [3.63, 3.8) is 0 Å². The molecule has 2 aliphatic rings. The topological polar surface area (TPSA) is 140 Å². The highest BCUT2D eigenvalue weighted by atomic mass is 16.5. The second kappa shape index (κ2) is 14.1. The number of hydrogen-bond donors (Lipinski definition) is 1. The predicted octanol–water partition coefficient (Wildman–Crippen LogP) is 2.40. The number of imidazole rings is 1. The van der Waals surface area contributed by atoms with Crippen molar-refractivity contribution in [1.29, 1.82) is 0 Å². The van der Waals surface area contributed by atoms with Crippen molar-refractivity contribution >= 4 is 17.7 Å². The van der Waals surface area contributed by atoms with Gasteiger partial charge in [-0.2, -0.15) is 0 Å². The number of aryl methyl sites for hydroxylation is 1. The molecule has 0 saturated carbocycles. The molecule has 2 bridgehead atoms. The monoisotopic (exact) mass is 611 g/mol. The van der Waals surface area contributed by atoms with Gasteiger partial charge >= 0.3 is 0 Å². The molecule has 1 atom stereocenters. The van der Waals surface area contributed by atoms with Gasteiger partial charge in [0.1, 0.15) is 30.5 Å². The van der Waals surface area contributed by atoms with Gasteiger partial charge in [0.2, 0.25) is 11.8 Å². The number of nitrogens with zero attached hydrogens (tertiary/aromatic N) is 8. The first kappa shape index (κ1) is 30.0. The third-order valence-electron chi connectivity index (χ3n) is 8.20. The van der Waals surface area contributed by atoms with Gasteiger partial charge in [-0.1, -0.05) is 24.3 Å². The number of benzene rings is 2. The molecule has 2 aliphatic heterocycles. The van der Waals surface area contributed by atoms with Crippen molar-refractivity contribution < 1.29 is 19.1 Å². The lowest BCUT2D eigenvalue weighted by Gasteiger charge is -2.27. The summed E-state index contributed by atoms with van der Waals surface area (Å²) < 4.78 is 9.81. The molecular weight excluding hydrogens is 574 g/mol. The van der Waals surface area contributed by atoms with Crippen LogP contribution in [0.4, 0.5) is 0 Å². The first-order chi connectivity index (χ1) is 22.0. The summed E-state index contributed by atoms with van der Waals surface area (Å²) in [6.07, 6.45) is 8.33. The number of carbonyl (C=O) groups is 3. The maximum absolute atomic E-state index is 13.8. The number of rotatable bonds is 4. The standard InChI is InChI=1S/C32H37N9O4/c42-29-12-11-28(35-29)32(44)40-15-2-1-14-39(31(43)25-9-7-24(8-10-25)22-41-23-34-36-37-41)17-4-16-38-18-13-33-30(38)26-5-3-6-27(21-26)45-20-19-40/h3,5-10,13,18,21,23,28H,1-2,4,11-12,14-17,19-20,22H2,(H,35,42)/t28-/m1/s1. The van der Waals surface area contributed by atoms with Gasteiger partial charge in [-0.15, -0.1) is 5.10 Å². The van der Waals surface area contributed by atoms with E-state index in [1.807, 2.05) is 59.6 Å². The summed E-state index contributed by atoms with van der Waals surface area (Å²) in [7, 11) is 0. The Labute approximate surface area is 261 Å². The van der Waals surface area contributed by atoms with Crippen molar-refractivity contribution in [3.8, 4) is 17.1 Å². The Balaban J connectivity index is 1.19. The molecule has 4 heterocycles. The molecule has 3 amide bonds. The minimum Gasteiger partial charge on any atom is -0.492 e. The van der Waals surface area contributed by atoms with E-state index in [9.17, 15) is 14.4 Å². The van der Waals surface area contributed by atoms with Crippen LogP contribution in [0.25, 0.3) is 11.4 Å². The normalized spacial score (nSPS) is 18.0. The molecule has 234 valence electrons. The highest BCUT2D eigenvalue weighted by molar-refractivity contribution is 5.94. The van der Waals surface area contributed by atoms with E-state index in [0.717, 1.165) is 29.8 Å². The summed E-state index contributed by atoms with van der Waals surface area (Å²) in [5.41, 5.74) is 2.54. The van der Waals surface area contributed by atoms with Crippen LogP contribution >= 0.6 is 0 Å². The van der Waals surface area contributed by atoms with Crippen molar-refractivity contribution in [2.75, 3.05) is 32.8 Å². The number of amides is 3. The molecule has 2 aromatic heterocycles.